The highest BCUT2D eigenvalue weighted by Gasteiger charge is 2.29. The van der Waals surface area contributed by atoms with E-state index in [1.807, 2.05) is 6.07 Å². The Balaban J connectivity index is 1.56. The highest BCUT2D eigenvalue weighted by atomic mass is 16.5. The molecule has 1 N–H and O–H groups in total. The number of hydrogen-bond donors (Lipinski definition) is 1. The van der Waals surface area contributed by atoms with Gasteiger partial charge in [-0.15, -0.1) is 0 Å². The summed E-state index contributed by atoms with van der Waals surface area (Å²) in [6.45, 7) is 0. The van der Waals surface area contributed by atoms with E-state index in [0.717, 1.165) is 5.76 Å². The first-order chi connectivity index (χ1) is 13.1. The van der Waals surface area contributed by atoms with Crippen LogP contribution in [0.5, 0.6) is 5.75 Å². The molecule has 1 aromatic carbocycles. The van der Waals surface area contributed by atoms with Crippen LogP contribution in [-0.2, 0) is 6.42 Å². The van der Waals surface area contributed by atoms with E-state index in [1.165, 1.54) is 13.3 Å². The molecule has 1 aliphatic carbocycles. The van der Waals surface area contributed by atoms with E-state index in [1.54, 1.807) is 36.6 Å². The Labute approximate surface area is 155 Å². The van der Waals surface area contributed by atoms with Gasteiger partial charge >= 0.3 is 0 Å². The largest absolute Gasteiger partial charge is 0.497 e. The summed E-state index contributed by atoms with van der Waals surface area (Å²) in [5.74, 6) is 1.07. The summed E-state index contributed by atoms with van der Waals surface area (Å²) in [7, 11) is 1.54. The van der Waals surface area contributed by atoms with Crippen LogP contribution in [0.2, 0.25) is 0 Å². The number of benzene rings is 1. The number of nitrogens with zero attached hydrogens (tertiary/aromatic N) is 2. The van der Waals surface area contributed by atoms with Crippen LogP contribution in [0, 0.1) is 0 Å². The van der Waals surface area contributed by atoms with E-state index < -0.39 is 0 Å². The van der Waals surface area contributed by atoms with Crippen LogP contribution < -0.4 is 10.1 Å². The van der Waals surface area contributed by atoms with Crippen LogP contribution in [0.15, 0.2) is 53.3 Å². The molecule has 7 nitrogen and oxygen atoms in total. The number of amides is 1. The van der Waals surface area contributed by atoms with Crippen LogP contribution in [0.1, 0.15) is 44.5 Å². The minimum Gasteiger partial charge on any atom is -0.497 e. The third-order valence-corrected chi connectivity index (χ3v) is 4.54. The summed E-state index contributed by atoms with van der Waals surface area (Å²) in [6.07, 6.45) is 3.98. The number of methoxy groups -OCH3 is 1. The van der Waals surface area contributed by atoms with Crippen LogP contribution >= 0.6 is 0 Å². The minimum absolute atomic E-state index is 0.0247. The van der Waals surface area contributed by atoms with Crippen molar-refractivity contribution in [3.8, 4) is 5.75 Å². The van der Waals surface area contributed by atoms with Crippen molar-refractivity contribution in [2.24, 2.45) is 0 Å². The van der Waals surface area contributed by atoms with Crippen molar-refractivity contribution in [1.29, 1.82) is 0 Å². The zero-order chi connectivity index (χ0) is 18.8. The van der Waals surface area contributed by atoms with E-state index in [-0.39, 0.29) is 23.6 Å². The lowest BCUT2D eigenvalue weighted by Gasteiger charge is -2.21. The van der Waals surface area contributed by atoms with Crippen molar-refractivity contribution >= 4 is 17.6 Å². The van der Waals surface area contributed by atoms with E-state index in [0.29, 0.717) is 35.4 Å². The van der Waals surface area contributed by atoms with Crippen LogP contribution in [0.4, 0.5) is 5.95 Å². The smallest absolute Gasteiger partial charge is 0.258 e. The van der Waals surface area contributed by atoms with E-state index in [2.05, 4.69) is 15.3 Å². The van der Waals surface area contributed by atoms with Crippen molar-refractivity contribution in [2.75, 3.05) is 12.4 Å². The van der Waals surface area contributed by atoms with E-state index >= 15 is 0 Å². The summed E-state index contributed by atoms with van der Waals surface area (Å²) < 4.78 is 10.6. The van der Waals surface area contributed by atoms with Gasteiger partial charge in [0.15, 0.2) is 5.78 Å². The number of nitrogens with one attached hydrogen (secondary N) is 1. The summed E-state index contributed by atoms with van der Waals surface area (Å²) in [6, 6.07) is 10.4. The number of rotatable bonds is 4. The first kappa shape index (κ1) is 17.0. The molecule has 3 aromatic rings. The fourth-order valence-electron chi connectivity index (χ4n) is 3.17. The highest BCUT2D eigenvalue weighted by Crippen LogP contribution is 2.32. The number of ketones is 1. The van der Waals surface area contributed by atoms with Gasteiger partial charge in [0.1, 0.15) is 11.5 Å². The number of carbonyl (C=O) groups is 2. The second kappa shape index (κ2) is 7.03. The van der Waals surface area contributed by atoms with Crippen molar-refractivity contribution in [1.82, 2.24) is 9.97 Å². The lowest BCUT2D eigenvalue weighted by Crippen LogP contribution is -2.22. The van der Waals surface area contributed by atoms with Gasteiger partial charge in [-0.25, -0.2) is 9.97 Å². The molecule has 1 atom stereocenters. The summed E-state index contributed by atoms with van der Waals surface area (Å²) in [4.78, 5) is 33.3. The Kier molecular flexibility index (Phi) is 4.42. The molecular weight excluding hydrogens is 346 g/mol. The first-order valence-electron chi connectivity index (χ1n) is 8.52. The normalized spacial score (nSPS) is 15.9. The maximum Gasteiger partial charge on any atom is 0.258 e. The number of carbonyl (C=O) groups excluding carboxylic acids is 2. The van der Waals surface area contributed by atoms with Crippen molar-refractivity contribution < 1.29 is 18.7 Å². The van der Waals surface area contributed by atoms with Gasteiger partial charge in [-0.05, 0) is 30.3 Å². The van der Waals surface area contributed by atoms with Gasteiger partial charge in [-0.1, -0.05) is 6.07 Å². The molecular formula is C20H17N3O4. The average molecular weight is 363 g/mol. The van der Waals surface area contributed by atoms with Gasteiger partial charge in [-0.2, -0.15) is 0 Å². The number of hydrogen-bond acceptors (Lipinski definition) is 6. The molecule has 7 heteroatoms. The third kappa shape index (κ3) is 3.44. The van der Waals surface area contributed by atoms with Gasteiger partial charge in [-0.3, -0.25) is 14.9 Å². The lowest BCUT2D eigenvalue weighted by molar-refractivity contribution is 0.0958. The summed E-state index contributed by atoms with van der Waals surface area (Å²) >= 11 is 0. The number of anilines is 1. The maximum absolute atomic E-state index is 12.4. The lowest BCUT2D eigenvalue weighted by atomic mass is 9.85. The summed E-state index contributed by atoms with van der Waals surface area (Å²) in [5, 5.41) is 2.67. The highest BCUT2D eigenvalue weighted by molar-refractivity contribution is 6.04. The van der Waals surface area contributed by atoms with E-state index in [9.17, 15) is 9.59 Å². The quantitative estimate of drug-likeness (QED) is 0.765. The van der Waals surface area contributed by atoms with Gasteiger partial charge in [0, 0.05) is 30.5 Å². The second-order valence-electron chi connectivity index (χ2n) is 6.28. The number of fused-ring (bicyclic) bond motifs is 1. The minimum atomic E-state index is -0.349. The fourth-order valence-corrected chi connectivity index (χ4v) is 3.17. The molecule has 0 saturated carbocycles. The first-order valence-corrected chi connectivity index (χ1v) is 8.52. The molecule has 0 aliphatic heterocycles. The maximum atomic E-state index is 12.4. The standard InChI is InChI=1S/C20H17N3O4/c1-26-14-5-2-4-12(8-14)19(25)23-20-21-11-15-16(22-20)9-13(10-17(15)24)18-6-3-7-27-18/h2-8,11,13H,9-10H2,1H3,(H,21,22,23,25)/t13-/m1/s1. The van der Waals surface area contributed by atoms with Crippen LogP contribution in [0.25, 0.3) is 0 Å². The van der Waals surface area contributed by atoms with Gasteiger partial charge in [0.05, 0.1) is 24.6 Å². The molecule has 0 unspecified atom stereocenters. The predicted octanol–water partition coefficient (Wildman–Crippen LogP) is 3.24. The van der Waals surface area contributed by atoms with Gasteiger partial charge in [0.2, 0.25) is 5.95 Å². The molecule has 4 rings (SSSR count). The van der Waals surface area contributed by atoms with Gasteiger partial charge in [0.25, 0.3) is 5.91 Å². The topological polar surface area (TPSA) is 94.3 Å². The molecule has 2 aromatic heterocycles. The van der Waals surface area contributed by atoms with Crippen LogP contribution in [0.3, 0.4) is 0 Å². The predicted molar refractivity (Wildman–Crippen MR) is 97.1 cm³/mol. The zero-order valence-corrected chi connectivity index (χ0v) is 14.6. The Hall–Kier alpha value is -3.48. The molecule has 1 amide bonds. The Morgan fingerprint density at radius 2 is 2.15 bits per heavy atom. The zero-order valence-electron chi connectivity index (χ0n) is 14.6. The number of aromatic nitrogens is 2. The Morgan fingerprint density at radius 3 is 2.93 bits per heavy atom. The molecule has 0 spiro atoms. The molecule has 2 heterocycles. The van der Waals surface area contributed by atoms with Crippen molar-refractivity contribution in [3.63, 3.8) is 0 Å². The monoisotopic (exact) mass is 363 g/mol. The molecule has 0 bridgehead atoms. The fraction of sp³-hybridized carbons (Fsp3) is 0.200. The molecule has 0 saturated heterocycles. The Morgan fingerprint density at radius 1 is 1.26 bits per heavy atom. The molecule has 136 valence electrons. The molecule has 27 heavy (non-hydrogen) atoms. The second-order valence-corrected chi connectivity index (χ2v) is 6.28. The molecule has 1 aliphatic rings. The van der Waals surface area contributed by atoms with Crippen molar-refractivity contribution in [3.05, 3.63) is 71.4 Å². The third-order valence-electron chi connectivity index (χ3n) is 4.54. The molecule has 0 fully saturated rings. The van der Waals surface area contributed by atoms with Crippen LogP contribution in [-0.4, -0.2) is 28.8 Å². The summed E-state index contributed by atoms with van der Waals surface area (Å²) in [5.41, 5.74) is 1.54. The number of furan rings is 1. The van der Waals surface area contributed by atoms with Gasteiger partial charge < -0.3 is 9.15 Å². The Bertz CT molecular complexity index is 998. The number of ether oxygens (including phenoxy) is 1. The average Bonchev–Trinajstić information content (AvgIpc) is 3.22. The van der Waals surface area contributed by atoms with Crippen molar-refractivity contribution in [2.45, 2.75) is 18.8 Å². The number of Topliss-reactive ketones (excluding diaryl/α,β-unsaturated/α-hetero) is 1. The van der Waals surface area contributed by atoms with E-state index in [4.69, 9.17) is 9.15 Å². The SMILES string of the molecule is COc1cccc(C(=O)Nc2ncc3c(n2)C[C@@H](c2ccco2)CC3=O)c1. The molecule has 0 radical (unpaired) electrons.